The van der Waals surface area contributed by atoms with E-state index in [1.54, 1.807) is 37.3 Å². The van der Waals surface area contributed by atoms with Gasteiger partial charge in [-0.25, -0.2) is 0 Å². The van der Waals surface area contributed by atoms with Crippen LogP contribution >= 0.6 is 23.1 Å². The Morgan fingerprint density at radius 3 is 2.48 bits per heavy atom. The first-order valence-corrected chi connectivity index (χ1v) is 10.7. The number of thiazole rings is 1. The summed E-state index contributed by atoms with van der Waals surface area (Å²) in [6.45, 7) is 6.25. The molecule has 4 nitrogen and oxygen atoms in total. The normalized spacial score (nSPS) is 14.8. The molecule has 3 aromatic rings. The summed E-state index contributed by atoms with van der Waals surface area (Å²) in [7, 11) is 3.43. The molecule has 0 atom stereocenters. The maximum atomic E-state index is 5.39. The standard InChI is InChI=1S/C21H23N2O2S2/c1-5-22-16-9-7-14(24-3)11-18(16)26-20(22)13-21-23(6-2)17-10-8-15(25-4)12-19(17)27-21/h7-13H,5-6H2,1-4H3/q+1. The lowest BCUT2D eigenvalue weighted by Gasteiger charge is -2.17. The number of aryl methyl sites for hydroxylation is 1. The molecule has 1 aliphatic rings. The SMILES string of the molecule is CCN1/C(=C/c2sc3cc(OC)ccc3[n+]2CC)Sc2cc(OC)ccc21. The number of rotatable bonds is 5. The van der Waals surface area contributed by atoms with Crippen molar-refractivity contribution in [3.05, 3.63) is 46.4 Å². The van der Waals surface area contributed by atoms with E-state index in [9.17, 15) is 0 Å². The number of benzene rings is 2. The quantitative estimate of drug-likeness (QED) is 0.554. The number of aromatic nitrogens is 1. The van der Waals surface area contributed by atoms with Crippen LogP contribution in [-0.2, 0) is 6.54 Å². The van der Waals surface area contributed by atoms with E-state index < -0.39 is 0 Å². The highest BCUT2D eigenvalue weighted by Gasteiger charge is 2.27. The predicted molar refractivity (Wildman–Crippen MR) is 114 cm³/mol. The Hall–Kier alpha value is -2.18. The molecule has 140 valence electrons. The average Bonchev–Trinajstić information content (AvgIpc) is 3.22. The summed E-state index contributed by atoms with van der Waals surface area (Å²) >= 11 is 3.61. The van der Waals surface area contributed by atoms with E-state index in [4.69, 9.17) is 9.47 Å². The minimum atomic E-state index is 0.899. The van der Waals surface area contributed by atoms with Crippen molar-refractivity contribution in [1.82, 2.24) is 0 Å². The van der Waals surface area contributed by atoms with Gasteiger partial charge in [-0.05, 0) is 38.1 Å². The van der Waals surface area contributed by atoms with Gasteiger partial charge in [0, 0.05) is 23.6 Å². The molecule has 27 heavy (non-hydrogen) atoms. The second kappa shape index (κ2) is 7.44. The van der Waals surface area contributed by atoms with Gasteiger partial charge in [-0.15, -0.1) is 0 Å². The smallest absolute Gasteiger partial charge is 0.265 e. The van der Waals surface area contributed by atoms with Crippen molar-refractivity contribution in [2.45, 2.75) is 25.3 Å². The van der Waals surface area contributed by atoms with Gasteiger partial charge >= 0.3 is 0 Å². The minimum absolute atomic E-state index is 0.899. The second-order valence-corrected chi connectivity index (χ2v) is 8.31. The molecule has 0 fully saturated rings. The first kappa shape index (κ1) is 18.2. The van der Waals surface area contributed by atoms with Crippen LogP contribution in [0.5, 0.6) is 11.5 Å². The van der Waals surface area contributed by atoms with Gasteiger partial charge in [0.15, 0.2) is 0 Å². The molecule has 6 heteroatoms. The van der Waals surface area contributed by atoms with Gasteiger partial charge in [0.1, 0.15) is 22.7 Å². The van der Waals surface area contributed by atoms with Crippen LogP contribution in [-0.4, -0.2) is 20.8 Å². The third-order valence-corrected chi connectivity index (χ3v) is 6.94. The van der Waals surface area contributed by atoms with Crippen molar-refractivity contribution in [1.29, 1.82) is 0 Å². The third kappa shape index (κ3) is 3.17. The topological polar surface area (TPSA) is 25.6 Å². The monoisotopic (exact) mass is 399 g/mol. The summed E-state index contributed by atoms with van der Waals surface area (Å²) < 4.78 is 14.4. The molecule has 0 unspecified atom stereocenters. The van der Waals surface area contributed by atoms with Crippen molar-refractivity contribution >= 4 is 45.1 Å². The second-order valence-electron chi connectivity index (χ2n) is 6.18. The number of fused-ring (bicyclic) bond motifs is 2. The molecule has 0 radical (unpaired) electrons. The number of nitrogens with zero attached hydrogens (tertiary/aromatic N) is 2. The maximum Gasteiger partial charge on any atom is 0.265 e. The minimum Gasteiger partial charge on any atom is -0.497 e. The first-order chi connectivity index (χ1) is 13.2. The number of hydrogen-bond donors (Lipinski definition) is 0. The molecule has 1 aliphatic heterocycles. The molecular formula is C21H23N2O2S2+. The Morgan fingerprint density at radius 2 is 1.78 bits per heavy atom. The van der Waals surface area contributed by atoms with Crippen LogP contribution in [0, 0.1) is 0 Å². The van der Waals surface area contributed by atoms with Gasteiger partial charge in [0.05, 0.1) is 31.0 Å². The van der Waals surface area contributed by atoms with E-state index in [0.717, 1.165) is 24.6 Å². The van der Waals surface area contributed by atoms with Crippen molar-refractivity contribution in [3.63, 3.8) is 0 Å². The Morgan fingerprint density at radius 1 is 1.04 bits per heavy atom. The molecule has 0 bridgehead atoms. The summed E-state index contributed by atoms with van der Waals surface area (Å²) in [5, 5.41) is 2.50. The van der Waals surface area contributed by atoms with Gasteiger partial charge in [0.25, 0.3) is 5.01 Å². The van der Waals surface area contributed by atoms with Crippen molar-refractivity contribution < 1.29 is 14.0 Å². The number of ether oxygens (including phenoxy) is 2. The summed E-state index contributed by atoms with van der Waals surface area (Å²) in [5.41, 5.74) is 2.50. The fourth-order valence-electron chi connectivity index (χ4n) is 3.40. The molecule has 1 aromatic heterocycles. The van der Waals surface area contributed by atoms with Crippen LogP contribution in [0.4, 0.5) is 5.69 Å². The van der Waals surface area contributed by atoms with Gasteiger partial charge in [-0.2, -0.15) is 4.57 Å². The molecule has 0 saturated heterocycles. The fourth-order valence-corrected chi connectivity index (χ4v) is 5.86. The number of anilines is 1. The number of methoxy groups -OCH3 is 2. The first-order valence-electron chi connectivity index (χ1n) is 9.04. The van der Waals surface area contributed by atoms with E-state index in [-0.39, 0.29) is 0 Å². The maximum absolute atomic E-state index is 5.39. The van der Waals surface area contributed by atoms with Crippen LogP contribution < -0.4 is 18.9 Å². The zero-order valence-electron chi connectivity index (χ0n) is 16.0. The Kier molecular flexibility index (Phi) is 5.02. The van der Waals surface area contributed by atoms with Gasteiger partial charge in [-0.3, -0.25) is 0 Å². The van der Waals surface area contributed by atoms with Gasteiger partial charge in [0.2, 0.25) is 5.52 Å². The molecule has 0 amide bonds. The van der Waals surface area contributed by atoms with Crippen molar-refractivity contribution in [2.75, 3.05) is 25.7 Å². The highest BCUT2D eigenvalue weighted by Crippen LogP contribution is 2.48. The van der Waals surface area contributed by atoms with E-state index in [1.807, 2.05) is 12.1 Å². The summed E-state index contributed by atoms with van der Waals surface area (Å²) in [4.78, 5) is 3.61. The molecule has 2 heterocycles. The van der Waals surface area contributed by atoms with Crippen LogP contribution in [0.1, 0.15) is 18.9 Å². The van der Waals surface area contributed by atoms with E-state index >= 15 is 0 Å². The molecule has 0 spiro atoms. The Bertz CT molecular complexity index is 1030. The Labute approximate surface area is 168 Å². The lowest BCUT2D eigenvalue weighted by Crippen LogP contribution is -2.33. The molecule has 0 saturated carbocycles. The highest BCUT2D eigenvalue weighted by atomic mass is 32.2. The summed E-state index contributed by atoms with van der Waals surface area (Å²) in [5.74, 6) is 1.80. The van der Waals surface area contributed by atoms with E-state index in [0.29, 0.717) is 0 Å². The molecule has 0 aliphatic carbocycles. The van der Waals surface area contributed by atoms with Crippen LogP contribution in [0.2, 0.25) is 0 Å². The predicted octanol–water partition coefficient (Wildman–Crippen LogP) is 5.16. The molecule has 0 N–H and O–H groups in total. The number of hydrogen-bond acceptors (Lipinski definition) is 5. The van der Waals surface area contributed by atoms with Crippen LogP contribution in [0.15, 0.2) is 46.3 Å². The van der Waals surface area contributed by atoms with Crippen molar-refractivity contribution in [3.8, 4) is 11.5 Å². The van der Waals surface area contributed by atoms with Crippen molar-refractivity contribution in [2.24, 2.45) is 0 Å². The lowest BCUT2D eigenvalue weighted by molar-refractivity contribution is -0.665. The van der Waals surface area contributed by atoms with Crippen LogP contribution in [0.25, 0.3) is 16.3 Å². The molecule has 2 aromatic carbocycles. The molecular weight excluding hydrogens is 376 g/mol. The van der Waals surface area contributed by atoms with Gasteiger partial charge < -0.3 is 14.4 Å². The highest BCUT2D eigenvalue weighted by molar-refractivity contribution is 8.03. The largest absolute Gasteiger partial charge is 0.497 e. The fraction of sp³-hybridized carbons (Fsp3) is 0.286. The molecule has 4 rings (SSSR count). The summed E-state index contributed by atoms with van der Waals surface area (Å²) in [6.07, 6.45) is 2.31. The van der Waals surface area contributed by atoms with Crippen LogP contribution in [0.3, 0.4) is 0 Å². The third-order valence-electron chi connectivity index (χ3n) is 4.76. The van der Waals surface area contributed by atoms with E-state index in [2.05, 4.69) is 53.7 Å². The Balaban J connectivity index is 1.79. The zero-order chi connectivity index (χ0) is 19.0. The lowest BCUT2D eigenvalue weighted by atomic mass is 10.2. The number of thioether (sulfide) groups is 1. The zero-order valence-corrected chi connectivity index (χ0v) is 17.6. The van der Waals surface area contributed by atoms with Gasteiger partial charge in [-0.1, -0.05) is 23.1 Å². The summed E-state index contributed by atoms with van der Waals surface area (Å²) in [6, 6.07) is 12.6. The van der Waals surface area contributed by atoms with E-state index in [1.165, 1.54) is 30.8 Å². The average molecular weight is 400 g/mol.